The number of hydrogen-bond donors (Lipinski definition) is 0. The first-order chi connectivity index (χ1) is 9.21. The molecule has 0 N–H and O–H groups in total. The molecule has 2 unspecified atom stereocenters. The molecule has 0 saturated carbocycles. The van der Waals surface area contributed by atoms with Crippen molar-refractivity contribution in [3.8, 4) is 24.3 Å². The number of hydrogen-bond acceptors (Lipinski definition) is 5. The van der Waals surface area contributed by atoms with E-state index < -0.39 is 31.1 Å². The zero-order chi connectivity index (χ0) is 15.6. The van der Waals surface area contributed by atoms with E-state index in [-0.39, 0.29) is 0 Å². The molecular weight excluding hydrogens is 272 g/mol. The molecule has 100 valence electrons. The minimum atomic E-state index is -1.94. The minimum absolute atomic E-state index is 0.669. The fourth-order valence-corrected chi connectivity index (χ4v) is 6.49. The number of nitrogens with zero attached hydrogens (tertiary/aromatic N) is 4. The fourth-order valence-electron chi connectivity index (χ4n) is 3.77. The van der Waals surface area contributed by atoms with Gasteiger partial charge in [-0.1, -0.05) is 11.1 Å². The van der Waals surface area contributed by atoms with Crippen molar-refractivity contribution in [1.29, 1.82) is 21.0 Å². The van der Waals surface area contributed by atoms with E-state index in [0.29, 0.717) is 11.1 Å². The second-order valence-corrected chi connectivity index (χ2v) is 7.70. The lowest BCUT2D eigenvalue weighted by atomic mass is 9.49. The highest BCUT2D eigenvalue weighted by atomic mass is 32.2. The van der Waals surface area contributed by atoms with E-state index in [1.165, 1.54) is 0 Å². The summed E-state index contributed by atoms with van der Waals surface area (Å²) >= 11 is 0. The first-order valence-corrected chi connectivity index (χ1v) is 7.12. The van der Waals surface area contributed by atoms with Crippen molar-refractivity contribution in [2.24, 2.45) is 10.8 Å². The van der Waals surface area contributed by atoms with Crippen molar-refractivity contribution in [2.75, 3.05) is 0 Å². The van der Waals surface area contributed by atoms with Crippen LogP contribution in [0.25, 0.3) is 0 Å². The lowest BCUT2D eigenvalue weighted by molar-refractivity contribution is 0.228. The molecule has 0 radical (unpaired) electrons. The van der Waals surface area contributed by atoms with Crippen LogP contribution in [0.2, 0.25) is 0 Å². The summed E-state index contributed by atoms with van der Waals surface area (Å²) in [6.07, 6.45) is 0. The smallest absolute Gasteiger partial charge is 0.197 e. The average molecular weight is 284 g/mol. The maximum atomic E-state index is 13.0. The van der Waals surface area contributed by atoms with Crippen LogP contribution < -0.4 is 0 Å². The number of nitriles is 4. The zero-order valence-electron chi connectivity index (χ0n) is 11.6. The van der Waals surface area contributed by atoms with Gasteiger partial charge in [-0.15, -0.1) is 0 Å². The van der Waals surface area contributed by atoms with Crippen LogP contribution in [-0.4, -0.2) is 13.7 Å². The van der Waals surface area contributed by atoms with Crippen molar-refractivity contribution in [3.63, 3.8) is 0 Å². The Morgan fingerprint density at radius 3 is 1.25 bits per heavy atom. The molecule has 1 fully saturated rings. The highest BCUT2D eigenvalue weighted by Crippen LogP contribution is 2.72. The third-order valence-electron chi connectivity index (χ3n) is 5.40. The molecule has 2 aliphatic rings. The maximum Gasteiger partial charge on any atom is 0.197 e. The van der Waals surface area contributed by atoms with Gasteiger partial charge in [-0.3, -0.25) is 4.21 Å². The van der Waals surface area contributed by atoms with Crippen molar-refractivity contribution >= 4 is 10.8 Å². The first kappa shape index (κ1) is 14.3. The summed E-state index contributed by atoms with van der Waals surface area (Å²) in [6, 6.07) is 7.46. The SMILES string of the molecule is CC1=C(C)C2(C)S(=O)C1(C)C(C#N)(C#N)C2(C#N)C#N. The molecule has 0 aromatic heterocycles. The Hall–Kier alpha value is -2.15. The van der Waals surface area contributed by atoms with Crippen LogP contribution in [0.3, 0.4) is 0 Å². The van der Waals surface area contributed by atoms with Crippen LogP contribution in [0.1, 0.15) is 27.7 Å². The molecule has 20 heavy (non-hydrogen) atoms. The van der Waals surface area contributed by atoms with Crippen molar-refractivity contribution in [3.05, 3.63) is 11.1 Å². The third-order valence-corrected chi connectivity index (χ3v) is 8.11. The standard InChI is InChI=1S/C14H12N4OS/c1-9-10(2)12(4)14(7-17,8-18)13(5-15,6-16)11(9,3)20(12)19/h1-4H3. The molecule has 2 atom stereocenters. The molecule has 2 heterocycles. The molecule has 1 saturated heterocycles. The molecule has 0 aromatic rings. The lowest BCUT2D eigenvalue weighted by Gasteiger charge is -2.42. The predicted octanol–water partition coefficient (Wildman–Crippen LogP) is 1.68. The Morgan fingerprint density at radius 1 is 0.800 bits per heavy atom. The van der Waals surface area contributed by atoms with Gasteiger partial charge in [0.15, 0.2) is 10.8 Å². The van der Waals surface area contributed by atoms with E-state index in [2.05, 4.69) is 0 Å². The average Bonchev–Trinajstić information content (AvgIpc) is 2.68. The highest BCUT2D eigenvalue weighted by molar-refractivity contribution is 7.89. The molecule has 5 nitrogen and oxygen atoms in total. The Kier molecular flexibility index (Phi) is 2.49. The Morgan fingerprint density at radius 2 is 1.05 bits per heavy atom. The lowest BCUT2D eigenvalue weighted by Crippen LogP contribution is -2.55. The molecular formula is C14H12N4OS. The maximum absolute atomic E-state index is 13.0. The van der Waals surface area contributed by atoms with Gasteiger partial charge in [0.1, 0.15) is 0 Å². The van der Waals surface area contributed by atoms with Gasteiger partial charge >= 0.3 is 0 Å². The molecule has 2 bridgehead atoms. The third kappa shape index (κ3) is 0.831. The van der Waals surface area contributed by atoms with Gasteiger partial charge < -0.3 is 0 Å². The summed E-state index contributed by atoms with van der Waals surface area (Å²) in [5.41, 5.74) is -2.54. The van der Waals surface area contributed by atoms with Crippen LogP contribution in [-0.2, 0) is 10.8 Å². The van der Waals surface area contributed by atoms with Crippen molar-refractivity contribution in [1.82, 2.24) is 0 Å². The molecule has 2 rings (SSSR count). The Bertz CT molecular complexity index is 664. The molecule has 6 heteroatoms. The van der Waals surface area contributed by atoms with Crippen LogP contribution >= 0.6 is 0 Å². The van der Waals surface area contributed by atoms with Crippen molar-refractivity contribution in [2.45, 2.75) is 37.2 Å². The van der Waals surface area contributed by atoms with Gasteiger partial charge in [-0.2, -0.15) is 21.0 Å². The fraction of sp³-hybridized carbons (Fsp3) is 0.571. The number of rotatable bonds is 0. The van der Waals surface area contributed by atoms with Gasteiger partial charge in [-0.25, -0.2) is 0 Å². The first-order valence-electron chi connectivity index (χ1n) is 5.97. The van der Waals surface area contributed by atoms with E-state index in [4.69, 9.17) is 0 Å². The predicted molar refractivity (Wildman–Crippen MR) is 70.6 cm³/mol. The largest absolute Gasteiger partial charge is 0.258 e. The highest BCUT2D eigenvalue weighted by Gasteiger charge is 2.86. The number of fused-ring (bicyclic) bond motifs is 2. The normalized spacial score (nSPS) is 39.5. The molecule has 0 spiro atoms. The van der Waals surface area contributed by atoms with Crippen LogP contribution in [0.4, 0.5) is 0 Å². The van der Waals surface area contributed by atoms with Gasteiger partial charge in [-0.05, 0) is 27.7 Å². The summed E-state index contributed by atoms with van der Waals surface area (Å²) in [7, 11) is -1.70. The summed E-state index contributed by atoms with van der Waals surface area (Å²) in [5.74, 6) is 0. The Labute approximate surface area is 120 Å². The second kappa shape index (κ2) is 3.49. The van der Waals surface area contributed by atoms with Gasteiger partial charge in [0, 0.05) is 10.8 Å². The van der Waals surface area contributed by atoms with E-state index >= 15 is 0 Å². The summed E-state index contributed by atoms with van der Waals surface area (Å²) in [5, 5.41) is 38.4. The van der Waals surface area contributed by atoms with Crippen LogP contribution in [0, 0.1) is 56.2 Å². The Balaban J connectivity index is 3.15. The van der Waals surface area contributed by atoms with E-state index in [0.717, 1.165) is 0 Å². The van der Waals surface area contributed by atoms with Crippen molar-refractivity contribution < 1.29 is 4.21 Å². The summed E-state index contributed by atoms with van der Waals surface area (Å²) in [4.78, 5) is 0. The van der Waals surface area contributed by atoms with E-state index in [9.17, 15) is 25.3 Å². The van der Waals surface area contributed by atoms with Gasteiger partial charge in [0.25, 0.3) is 0 Å². The monoisotopic (exact) mass is 284 g/mol. The molecule has 0 aromatic carbocycles. The molecule has 2 aliphatic heterocycles. The zero-order valence-corrected chi connectivity index (χ0v) is 12.4. The molecule has 0 aliphatic carbocycles. The summed E-state index contributed by atoms with van der Waals surface area (Å²) in [6.45, 7) is 6.55. The minimum Gasteiger partial charge on any atom is -0.258 e. The van der Waals surface area contributed by atoms with E-state index in [1.54, 1.807) is 27.7 Å². The second-order valence-electron chi connectivity index (χ2n) is 5.53. The quantitative estimate of drug-likeness (QED) is 0.628. The van der Waals surface area contributed by atoms with Crippen LogP contribution in [0.5, 0.6) is 0 Å². The topological polar surface area (TPSA) is 112 Å². The van der Waals surface area contributed by atoms with E-state index in [1.807, 2.05) is 24.3 Å². The molecule has 0 amide bonds. The van der Waals surface area contributed by atoms with Gasteiger partial charge in [0.05, 0.1) is 33.8 Å². The van der Waals surface area contributed by atoms with Gasteiger partial charge in [0.2, 0.25) is 0 Å². The summed E-state index contributed by atoms with van der Waals surface area (Å²) < 4.78 is 10.4. The van der Waals surface area contributed by atoms with Crippen LogP contribution in [0.15, 0.2) is 11.1 Å².